The number of hydrogen-bond acceptors (Lipinski definition) is 4. The second kappa shape index (κ2) is 7.72. The van der Waals surface area contributed by atoms with Crippen LogP contribution < -0.4 is 0 Å². The first-order valence-electron chi connectivity index (χ1n) is 9.32. The monoisotopic (exact) mass is 459 g/mol. The Kier molecular flexibility index (Phi) is 5.38. The molecule has 0 fully saturated rings. The number of rotatable bonds is 3. The number of fused-ring (bicyclic) bond motifs is 1. The third-order valence-corrected chi connectivity index (χ3v) is 6.63. The number of aryl methyl sites for hydroxylation is 1. The van der Waals surface area contributed by atoms with E-state index in [9.17, 15) is 4.79 Å². The van der Waals surface area contributed by atoms with Crippen molar-refractivity contribution in [2.45, 2.75) is 27.7 Å². The normalized spacial score (nSPS) is 17.7. The number of hydrazone groups is 1. The van der Waals surface area contributed by atoms with E-state index in [1.807, 2.05) is 44.4 Å². The maximum absolute atomic E-state index is 12.7. The van der Waals surface area contributed by atoms with E-state index in [-0.39, 0.29) is 17.3 Å². The van der Waals surface area contributed by atoms with Crippen molar-refractivity contribution >= 4 is 63.0 Å². The fraction of sp³-hybridized carbons (Fsp3) is 0.238. The molecule has 0 atom stereocenters. The fourth-order valence-corrected chi connectivity index (χ4v) is 4.75. The molecule has 30 heavy (non-hydrogen) atoms. The predicted octanol–water partition coefficient (Wildman–Crippen LogP) is 5.68. The molecule has 1 N–H and O–H groups in total. The smallest absolute Gasteiger partial charge is 0.283 e. The summed E-state index contributed by atoms with van der Waals surface area (Å²) in [6.45, 7) is 7.94. The van der Waals surface area contributed by atoms with E-state index >= 15 is 0 Å². The molecule has 0 radical (unpaired) electrons. The van der Waals surface area contributed by atoms with Crippen LogP contribution >= 0.6 is 35.0 Å². The van der Waals surface area contributed by atoms with Gasteiger partial charge < -0.3 is 4.57 Å². The Balaban J connectivity index is 1.76. The zero-order valence-electron chi connectivity index (χ0n) is 16.8. The fourth-order valence-electron chi connectivity index (χ4n) is 3.36. The number of nitrogens with one attached hydrogen (secondary N) is 1. The third kappa shape index (κ3) is 3.51. The summed E-state index contributed by atoms with van der Waals surface area (Å²) in [6, 6.07) is 7.29. The average molecular weight is 460 g/mol. The first-order chi connectivity index (χ1) is 14.2. The van der Waals surface area contributed by atoms with Gasteiger partial charge in [0.05, 0.1) is 16.3 Å². The topological polar surface area (TPSA) is 73.8 Å². The molecule has 0 spiro atoms. The van der Waals surface area contributed by atoms with Crippen LogP contribution in [-0.4, -0.2) is 31.5 Å². The highest BCUT2D eigenvalue weighted by atomic mass is 35.5. The average Bonchev–Trinajstić information content (AvgIpc) is 3.21. The first-order valence-corrected chi connectivity index (χ1v) is 10.9. The second-order valence-electron chi connectivity index (χ2n) is 7.37. The second-order valence-corrected chi connectivity index (χ2v) is 9.20. The Morgan fingerprint density at radius 2 is 1.93 bits per heavy atom. The summed E-state index contributed by atoms with van der Waals surface area (Å²) in [7, 11) is 0. The molecule has 6 nitrogen and oxygen atoms in total. The molecule has 0 aliphatic carbocycles. The van der Waals surface area contributed by atoms with Crippen LogP contribution in [0.15, 0.2) is 39.9 Å². The standard InChI is InChI=1S/C21H19Cl2N5OS/c1-10(2)20-26-28-18(24)15(19(29)25-21(28)30-20)8-13-7-11(3)27(12(13)4)17-6-5-14(22)9-16(17)23/h5-10,24H,1-4H3. The summed E-state index contributed by atoms with van der Waals surface area (Å²) >= 11 is 13.8. The Hall–Kier alpha value is -2.35. The Bertz CT molecular complexity index is 1190. The summed E-state index contributed by atoms with van der Waals surface area (Å²) in [4.78, 5) is 16.8. The molecule has 0 bridgehead atoms. The van der Waals surface area contributed by atoms with Crippen molar-refractivity contribution in [3.63, 3.8) is 0 Å². The van der Waals surface area contributed by atoms with Gasteiger partial charge in [-0.05, 0) is 61.5 Å². The van der Waals surface area contributed by atoms with Crippen LogP contribution in [0, 0.1) is 25.2 Å². The van der Waals surface area contributed by atoms with Crippen LogP contribution in [0.2, 0.25) is 10.0 Å². The number of carbonyl (C=O) groups is 1. The largest absolute Gasteiger partial charge is 0.316 e. The predicted molar refractivity (Wildman–Crippen MR) is 125 cm³/mol. The number of nitrogens with zero attached hydrogens (tertiary/aromatic N) is 4. The quantitative estimate of drug-likeness (QED) is 0.600. The number of aliphatic imine (C=N–C) groups is 1. The molecule has 0 unspecified atom stereocenters. The van der Waals surface area contributed by atoms with Gasteiger partial charge in [-0.2, -0.15) is 15.1 Å². The zero-order chi connectivity index (χ0) is 21.7. The summed E-state index contributed by atoms with van der Waals surface area (Å²) in [5.41, 5.74) is 3.65. The molecule has 2 aliphatic heterocycles. The zero-order valence-corrected chi connectivity index (χ0v) is 19.2. The lowest BCUT2D eigenvalue weighted by atomic mass is 10.1. The molecular weight excluding hydrogens is 441 g/mol. The molecular formula is C21H19Cl2N5OS. The number of hydrogen-bond donors (Lipinski definition) is 1. The maximum Gasteiger partial charge on any atom is 0.283 e. The van der Waals surface area contributed by atoms with Crippen LogP contribution in [0.4, 0.5) is 0 Å². The van der Waals surface area contributed by atoms with E-state index in [0.717, 1.165) is 27.7 Å². The molecule has 1 aromatic heterocycles. The van der Waals surface area contributed by atoms with Crippen molar-refractivity contribution in [3.8, 4) is 5.69 Å². The Morgan fingerprint density at radius 3 is 2.60 bits per heavy atom. The van der Waals surface area contributed by atoms with E-state index in [0.29, 0.717) is 15.2 Å². The van der Waals surface area contributed by atoms with Gasteiger partial charge in [-0.1, -0.05) is 37.0 Å². The molecule has 0 saturated carbocycles. The molecule has 154 valence electrons. The minimum absolute atomic E-state index is 0.0301. The molecule has 2 aliphatic rings. The number of amidine groups is 2. The van der Waals surface area contributed by atoms with Gasteiger partial charge in [0.15, 0.2) is 5.84 Å². The highest BCUT2D eigenvalue weighted by molar-refractivity contribution is 8.27. The van der Waals surface area contributed by atoms with Crippen molar-refractivity contribution in [2.75, 3.05) is 0 Å². The van der Waals surface area contributed by atoms with Crippen molar-refractivity contribution in [1.82, 2.24) is 9.58 Å². The van der Waals surface area contributed by atoms with Gasteiger partial charge in [0, 0.05) is 22.3 Å². The van der Waals surface area contributed by atoms with E-state index in [4.69, 9.17) is 28.6 Å². The Labute approximate surface area is 188 Å². The van der Waals surface area contributed by atoms with Gasteiger partial charge in [-0.25, -0.2) is 0 Å². The maximum atomic E-state index is 12.7. The van der Waals surface area contributed by atoms with Crippen LogP contribution in [-0.2, 0) is 4.79 Å². The molecule has 2 aromatic rings. The number of aromatic nitrogens is 1. The summed E-state index contributed by atoms with van der Waals surface area (Å²) in [5, 5.41) is 16.8. The van der Waals surface area contributed by atoms with Crippen molar-refractivity contribution < 1.29 is 4.79 Å². The van der Waals surface area contributed by atoms with Crippen LogP contribution in [0.1, 0.15) is 30.8 Å². The van der Waals surface area contributed by atoms with Gasteiger partial charge in [0.1, 0.15) is 5.04 Å². The number of thioether (sulfide) groups is 1. The van der Waals surface area contributed by atoms with Gasteiger partial charge in [-0.15, -0.1) is 0 Å². The lowest BCUT2D eigenvalue weighted by Crippen LogP contribution is -2.35. The Morgan fingerprint density at radius 1 is 1.20 bits per heavy atom. The minimum atomic E-state index is -0.437. The van der Waals surface area contributed by atoms with Gasteiger partial charge in [0.25, 0.3) is 5.91 Å². The van der Waals surface area contributed by atoms with Gasteiger partial charge in [-0.3, -0.25) is 10.2 Å². The molecule has 3 heterocycles. The molecule has 1 aromatic carbocycles. The lowest BCUT2D eigenvalue weighted by molar-refractivity contribution is -0.114. The van der Waals surface area contributed by atoms with E-state index in [1.54, 1.807) is 18.2 Å². The summed E-state index contributed by atoms with van der Waals surface area (Å²) < 4.78 is 2.00. The number of carbonyl (C=O) groups excluding carboxylic acids is 1. The van der Waals surface area contributed by atoms with Crippen molar-refractivity contribution in [1.29, 1.82) is 5.41 Å². The van der Waals surface area contributed by atoms with Crippen molar-refractivity contribution in [2.24, 2.45) is 16.0 Å². The molecule has 9 heteroatoms. The lowest BCUT2D eigenvalue weighted by Gasteiger charge is -2.20. The van der Waals surface area contributed by atoms with E-state index in [1.165, 1.54) is 16.8 Å². The molecule has 1 amide bonds. The number of benzene rings is 1. The number of amides is 1. The van der Waals surface area contributed by atoms with Crippen LogP contribution in [0.3, 0.4) is 0 Å². The van der Waals surface area contributed by atoms with Gasteiger partial charge in [0.2, 0.25) is 5.17 Å². The highest BCUT2D eigenvalue weighted by Crippen LogP contribution is 2.33. The van der Waals surface area contributed by atoms with Crippen LogP contribution in [0.25, 0.3) is 11.8 Å². The summed E-state index contributed by atoms with van der Waals surface area (Å²) in [5.74, 6) is -0.211. The van der Waals surface area contributed by atoms with Crippen molar-refractivity contribution in [3.05, 3.63) is 56.8 Å². The molecule has 0 saturated heterocycles. The van der Waals surface area contributed by atoms with E-state index in [2.05, 4.69) is 10.1 Å². The van der Waals surface area contributed by atoms with Crippen LogP contribution in [0.5, 0.6) is 0 Å². The summed E-state index contributed by atoms with van der Waals surface area (Å²) in [6.07, 6.45) is 1.70. The minimum Gasteiger partial charge on any atom is -0.316 e. The number of halogens is 2. The first kappa shape index (κ1) is 20.9. The third-order valence-electron chi connectivity index (χ3n) is 4.88. The highest BCUT2D eigenvalue weighted by Gasteiger charge is 2.36. The van der Waals surface area contributed by atoms with Gasteiger partial charge >= 0.3 is 0 Å². The SMILES string of the molecule is Cc1cc(C=C2C(=N)N3N=C(C(C)C)SC3=NC2=O)c(C)n1-c1ccc(Cl)cc1Cl. The van der Waals surface area contributed by atoms with E-state index < -0.39 is 5.91 Å². The molecule has 4 rings (SSSR count).